The molecule has 0 saturated heterocycles. The number of hydrogen-bond acceptors (Lipinski definition) is 0. The lowest BCUT2D eigenvalue weighted by molar-refractivity contribution is 1.26. The third-order valence-corrected chi connectivity index (χ3v) is 3.39. The molecule has 0 bridgehead atoms. The van der Waals surface area contributed by atoms with Gasteiger partial charge in [0.25, 0.3) is 0 Å². The molecule has 0 aliphatic carbocycles. The molecule has 0 N–H and O–H groups in total. The van der Waals surface area contributed by atoms with Crippen LogP contribution in [-0.4, -0.2) is 0 Å². The van der Waals surface area contributed by atoms with Crippen LogP contribution in [0.2, 0.25) is 10.0 Å². The van der Waals surface area contributed by atoms with Crippen molar-refractivity contribution in [3.63, 3.8) is 0 Å². The topological polar surface area (TPSA) is 4.36 Å². The molecule has 0 heterocycles. The fourth-order valence-corrected chi connectivity index (χ4v) is 1.59. The van der Waals surface area contributed by atoms with Gasteiger partial charge in [-0.25, -0.2) is 6.57 Å². The van der Waals surface area contributed by atoms with Crippen molar-refractivity contribution >= 4 is 39.1 Å². The summed E-state index contributed by atoms with van der Waals surface area (Å²) in [5.41, 5.74) is 0.794. The highest BCUT2D eigenvalue weighted by atomic mass is 79.9. The monoisotopic (exact) mass is 263 g/mol. The van der Waals surface area contributed by atoms with Crippen LogP contribution in [0.5, 0.6) is 0 Å². The Balaban J connectivity index is 3.19. The lowest BCUT2D eigenvalue weighted by atomic mass is 10.2. The van der Waals surface area contributed by atoms with Crippen LogP contribution in [-0.2, 0) is 6.54 Å². The van der Waals surface area contributed by atoms with E-state index in [9.17, 15) is 0 Å². The van der Waals surface area contributed by atoms with Crippen LogP contribution in [0.3, 0.4) is 0 Å². The van der Waals surface area contributed by atoms with Crippen LogP contribution in [0.1, 0.15) is 5.56 Å². The molecule has 0 atom stereocenters. The van der Waals surface area contributed by atoms with Crippen LogP contribution in [0.25, 0.3) is 4.85 Å². The Bertz CT molecular complexity index is 344. The summed E-state index contributed by atoms with van der Waals surface area (Å²) in [6, 6.07) is 3.48. The maximum Gasteiger partial charge on any atom is 0.241 e. The zero-order chi connectivity index (χ0) is 9.14. The molecule has 0 radical (unpaired) electrons. The summed E-state index contributed by atoms with van der Waals surface area (Å²) in [4.78, 5) is 3.24. The van der Waals surface area contributed by atoms with E-state index in [1.54, 1.807) is 12.1 Å². The molecule has 1 aromatic rings. The molecule has 62 valence electrons. The molecule has 12 heavy (non-hydrogen) atoms. The first kappa shape index (κ1) is 9.85. The van der Waals surface area contributed by atoms with Crippen molar-refractivity contribution < 1.29 is 0 Å². The minimum Gasteiger partial charge on any atom is -0.312 e. The fourth-order valence-electron chi connectivity index (χ4n) is 0.773. The van der Waals surface area contributed by atoms with E-state index in [4.69, 9.17) is 29.8 Å². The Hall–Kier alpha value is -0.230. The molecule has 0 spiro atoms. The minimum absolute atomic E-state index is 0.286. The highest BCUT2D eigenvalue weighted by Crippen LogP contribution is 2.33. The smallest absolute Gasteiger partial charge is 0.241 e. The van der Waals surface area contributed by atoms with Gasteiger partial charge in [-0.15, -0.1) is 0 Å². The van der Waals surface area contributed by atoms with Gasteiger partial charge in [-0.1, -0.05) is 23.2 Å². The van der Waals surface area contributed by atoms with Crippen LogP contribution in [0, 0.1) is 6.57 Å². The maximum absolute atomic E-state index is 6.68. The van der Waals surface area contributed by atoms with Crippen LogP contribution in [0.15, 0.2) is 16.6 Å². The van der Waals surface area contributed by atoms with Crippen molar-refractivity contribution in [3.05, 3.63) is 43.6 Å². The minimum atomic E-state index is 0.286. The molecule has 1 nitrogen and oxygen atoms in total. The quantitative estimate of drug-likeness (QED) is 0.530. The van der Waals surface area contributed by atoms with Crippen molar-refractivity contribution in [2.24, 2.45) is 0 Å². The van der Waals surface area contributed by atoms with Gasteiger partial charge >= 0.3 is 0 Å². The van der Waals surface area contributed by atoms with Gasteiger partial charge in [-0.3, -0.25) is 0 Å². The Morgan fingerprint density at radius 3 is 2.67 bits per heavy atom. The highest BCUT2D eigenvalue weighted by molar-refractivity contribution is 9.10. The molecule has 1 aromatic carbocycles. The Morgan fingerprint density at radius 1 is 1.42 bits per heavy atom. The molecule has 0 aliphatic rings. The molecule has 0 amide bonds. The van der Waals surface area contributed by atoms with Crippen molar-refractivity contribution in [1.29, 1.82) is 0 Å². The first-order chi connectivity index (χ1) is 5.66. The van der Waals surface area contributed by atoms with Gasteiger partial charge in [0, 0.05) is 0 Å². The van der Waals surface area contributed by atoms with Gasteiger partial charge in [0.05, 0.1) is 20.1 Å². The van der Waals surface area contributed by atoms with E-state index < -0.39 is 0 Å². The summed E-state index contributed by atoms with van der Waals surface area (Å²) < 4.78 is 0.659. The van der Waals surface area contributed by atoms with Crippen molar-refractivity contribution in [2.45, 2.75) is 6.54 Å². The molecule has 0 aromatic heterocycles. The van der Waals surface area contributed by atoms with E-state index >= 15 is 0 Å². The van der Waals surface area contributed by atoms with Gasteiger partial charge in [-0.05, 0) is 28.1 Å². The second kappa shape index (κ2) is 4.13. The predicted octanol–water partition coefficient (Wildman–Crippen LogP) is 4.18. The number of halogens is 3. The predicted molar refractivity (Wildman–Crippen MR) is 54.5 cm³/mol. The molecule has 0 saturated carbocycles. The summed E-state index contributed by atoms with van der Waals surface area (Å²) in [6.45, 7) is 6.97. The van der Waals surface area contributed by atoms with Gasteiger partial charge in [0.1, 0.15) is 0 Å². The van der Waals surface area contributed by atoms with E-state index in [0.717, 1.165) is 5.56 Å². The number of benzene rings is 1. The second-order valence-corrected chi connectivity index (χ2v) is 3.73. The average molecular weight is 265 g/mol. The molecular weight excluding hydrogens is 261 g/mol. The SMILES string of the molecule is [C-]#[N+]Cc1ccc(Cl)c(Br)c1Cl. The molecule has 1 rings (SSSR count). The van der Waals surface area contributed by atoms with Crippen LogP contribution < -0.4 is 0 Å². The second-order valence-electron chi connectivity index (χ2n) is 2.15. The molecule has 4 heteroatoms. The zero-order valence-corrected chi connectivity index (χ0v) is 9.04. The molecule has 0 aliphatic heterocycles. The molecular formula is C8H4BrCl2N. The summed E-state index contributed by atoms with van der Waals surface area (Å²) in [7, 11) is 0. The summed E-state index contributed by atoms with van der Waals surface area (Å²) in [5, 5.41) is 1.09. The third kappa shape index (κ3) is 1.92. The van der Waals surface area contributed by atoms with E-state index in [2.05, 4.69) is 20.8 Å². The van der Waals surface area contributed by atoms with Gasteiger partial charge in [0.15, 0.2) is 0 Å². The summed E-state index contributed by atoms with van der Waals surface area (Å²) >= 11 is 14.9. The summed E-state index contributed by atoms with van der Waals surface area (Å²) in [5.74, 6) is 0. The first-order valence-corrected chi connectivity index (χ1v) is 4.67. The van der Waals surface area contributed by atoms with Crippen molar-refractivity contribution in [3.8, 4) is 0 Å². The fraction of sp³-hybridized carbons (Fsp3) is 0.125. The average Bonchev–Trinajstić information content (AvgIpc) is 2.07. The lowest BCUT2D eigenvalue weighted by Crippen LogP contribution is -1.83. The Labute approximate surface area is 89.2 Å². The standard InChI is InChI=1S/C8H4BrCl2N/c1-12-4-5-2-3-6(10)7(9)8(5)11/h2-3H,4H2. The lowest BCUT2D eigenvalue weighted by Gasteiger charge is -2.01. The van der Waals surface area contributed by atoms with Gasteiger partial charge in [0.2, 0.25) is 6.54 Å². The van der Waals surface area contributed by atoms with Gasteiger partial charge < -0.3 is 4.85 Å². The van der Waals surface area contributed by atoms with Crippen LogP contribution >= 0.6 is 39.1 Å². The molecule has 0 fully saturated rings. The van der Waals surface area contributed by atoms with Crippen LogP contribution in [0.4, 0.5) is 0 Å². The number of rotatable bonds is 1. The summed E-state index contributed by atoms with van der Waals surface area (Å²) in [6.07, 6.45) is 0. The van der Waals surface area contributed by atoms with E-state index in [-0.39, 0.29) is 6.54 Å². The van der Waals surface area contributed by atoms with Crippen molar-refractivity contribution in [1.82, 2.24) is 0 Å². The highest BCUT2D eigenvalue weighted by Gasteiger charge is 2.09. The first-order valence-electron chi connectivity index (χ1n) is 3.12. The van der Waals surface area contributed by atoms with E-state index in [1.165, 1.54) is 0 Å². The zero-order valence-electron chi connectivity index (χ0n) is 5.94. The normalized spacial score (nSPS) is 9.50. The van der Waals surface area contributed by atoms with E-state index in [1.807, 2.05) is 0 Å². The van der Waals surface area contributed by atoms with Gasteiger partial charge in [-0.2, -0.15) is 0 Å². The van der Waals surface area contributed by atoms with E-state index in [0.29, 0.717) is 14.5 Å². The Kier molecular flexibility index (Phi) is 3.39. The third-order valence-electron chi connectivity index (χ3n) is 1.36. The maximum atomic E-state index is 6.68. The van der Waals surface area contributed by atoms with Crippen molar-refractivity contribution in [2.75, 3.05) is 0 Å². The molecule has 0 unspecified atom stereocenters. The largest absolute Gasteiger partial charge is 0.312 e. The number of nitrogens with zero attached hydrogens (tertiary/aromatic N) is 1. The number of hydrogen-bond donors (Lipinski definition) is 0. The Morgan fingerprint density at radius 2 is 2.08 bits per heavy atom.